The number of benzene rings is 1. The van der Waals surface area contributed by atoms with E-state index in [-0.39, 0.29) is 29.3 Å². The lowest BCUT2D eigenvalue weighted by molar-refractivity contribution is -0.119. The minimum Gasteiger partial charge on any atom is -0.353 e. The largest absolute Gasteiger partial charge is 0.353 e. The number of nitrogens with zero attached hydrogens (tertiary/aromatic N) is 2. The van der Waals surface area contributed by atoms with Crippen LogP contribution < -0.4 is 10.9 Å². The average Bonchev–Trinajstić information content (AvgIpc) is 2.62. The predicted octanol–water partition coefficient (Wildman–Crippen LogP) is 4.01. The molecule has 0 spiro atoms. The van der Waals surface area contributed by atoms with Crippen LogP contribution in [0.3, 0.4) is 0 Å². The highest BCUT2D eigenvalue weighted by Gasteiger charge is 2.31. The van der Waals surface area contributed by atoms with Crippen LogP contribution in [0, 0.1) is 11.8 Å². The van der Waals surface area contributed by atoms with Crippen molar-refractivity contribution in [1.82, 2.24) is 14.9 Å². The van der Waals surface area contributed by atoms with Crippen molar-refractivity contribution in [2.45, 2.75) is 64.2 Å². The molecule has 1 aliphatic rings. The van der Waals surface area contributed by atoms with Gasteiger partial charge in [-0.1, -0.05) is 50.6 Å². The molecular formula is C21H29N3O2S. The van der Waals surface area contributed by atoms with Gasteiger partial charge in [-0.25, -0.2) is 4.98 Å². The molecule has 0 radical (unpaired) electrons. The van der Waals surface area contributed by atoms with Crippen molar-refractivity contribution in [3.63, 3.8) is 0 Å². The second kappa shape index (κ2) is 8.46. The van der Waals surface area contributed by atoms with Gasteiger partial charge in [0, 0.05) is 12.1 Å². The molecule has 0 unspecified atom stereocenters. The van der Waals surface area contributed by atoms with E-state index in [1.165, 1.54) is 18.2 Å². The Morgan fingerprint density at radius 1 is 1.30 bits per heavy atom. The molecule has 3 rings (SSSR count). The highest BCUT2D eigenvalue weighted by molar-refractivity contribution is 7.99. The Bertz CT molecular complexity index is 877. The summed E-state index contributed by atoms with van der Waals surface area (Å²) in [5.74, 6) is 1.21. The lowest BCUT2D eigenvalue weighted by atomic mass is 9.78. The molecule has 2 aromatic rings. The number of thioether (sulfide) groups is 1. The van der Waals surface area contributed by atoms with E-state index in [4.69, 9.17) is 4.98 Å². The number of rotatable bonds is 5. The molecule has 0 aliphatic heterocycles. The molecule has 1 amide bonds. The van der Waals surface area contributed by atoms with Gasteiger partial charge >= 0.3 is 0 Å². The van der Waals surface area contributed by atoms with Crippen molar-refractivity contribution >= 4 is 28.6 Å². The first-order valence-electron chi connectivity index (χ1n) is 9.82. The second-order valence-corrected chi connectivity index (χ2v) is 8.87. The number of amides is 1. The molecule has 5 nitrogen and oxygen atoms in total. The number of hydrogen-bond donors (Lipinski definition) is 1. The Morgan fingerprint density at radius 3 is 2.78 bits per heavy atom. The van der Waals surface area contributed by atoms with E-state index in [1.54, 1.807) is 0 Å². The molecule has 146 valence electrons. The van der Waals surface area contributed by atoms with Crippen molar-refractivity contribution in [1.29, 1.82) is 0 Å². The normalized spacial score (nSPS) is 22.9. The third-order valence-corrected chi connectivity index (χ3v) is 6.51. The lowest BCUT2D eigenvalue weighted by Gasteiger charge is -2.36. The van der Waals surface area contributed by atoms with Crippen molar-refractivity contribution in [2.75, 3.05) is 5.75 Å². The molecule has 1 aliphatic carbocycles. The van der Waals surface area contributed by atoms with Crippen LogP contribution in [0.5, 0.6) is 0 Å². The Labute approximate surface area is 164 Å². The molecule has 1 fully saturated rings. The molecular weight excluding hydrogens is 358 g/mol. The van der Waals surface area contributed by atoms with Crippen LogP contribution in [0.15, 0.2) is 34.2 Å². The minimum absolute atomic E-state index is 0.0123. The highest BCUT2D eigenvalue weighted by atomic mass is 32.2. The van der Waals surface area contributed by atoms with Crippen molar-refractivity contribution < 1.29 is 4.79 Å². The summed E-state index contributed by atoms with van der Waals surface area (Å²) in [6.07, 6.45) is 3.30. The lowest BCUT2D eigenvalue weighted by Crippen LogP contribution is -2.36. The Hall–Kier alpha value is -1.82. The van der Waals surface area contributed by atoms with Crippen LogP contribution in [0.2, 0.25) is 0 Å². The maximum absolute atomic E-state index is 13.3. The predicted molar refractivity (Wildman–Crippen MR) is 111 cm³/mol. The molecule has 6 heteroatoms. The topological polar surface area (TPSA) is 64.0 Å². The number of nitrogens with one attached hydrogen (secondary N) is 1. The van der Waals surface area contributed by atoms with Crippen LogP contribution in [-0.4, -0.2) is 27.3 Å². The third-order valence-electron chi connectivity index (χ3n) is 5.55. The first kappa shape index (κ1) is 19.9. The Morgan fingerprint density at radius 2 is 2.04 bits per heavy atom. The molecule has 1 N–H and O–H groups in total. The summed E-state index contributed by atoms with van der Waals surface area (Å²) in [5.41, 5.74) is 0.709. The summed E-state index contributed by atoms with van der Waals surface area (Å²) in [6, 6.07) is 7.72. The molecule has 1 saturated carbocycles. The molecule has 27 heavy (non-hydrogen) atoms. The van der Waals surface area contributed by atoms with Crippen LogP contribution in [-0.2, 0) is 4.79 Å². The molecule has 1 aromatic heterocycles. The number of aromatic nitrogens is 2. The maximum Gasteiger partial charge on any atom is 0.262 e. The molecule has 0 bridgehead atoms. The molecule has 1 heterocycles. The summed E-state index contributed by atoms with van der Waals surface area (Å²) in [4.78, 5) is 30.2. The number of para-hydroxylation sites is 1. The van der Waals surface area contributed by atoms with Gasteiger partial charge in [-0.15, -0.1) is 0 Å². The zero-order valence-corrected chi connectivity index (χ0v) is 17.4. The summed E-state index contributed by atoms with van der Waals surface area (Å²) < 4.78 is 1.87. The van der Waals surface area contributed by atoms with Crippen LogP contribution in [0.25, 0.3) is 10.9 Å². The van der Waals surface area contributed by atoms with Gasteiger partial charge in [-0.05, 0) is 44.2 Å². The number of carbonyl (C=O) groups is 1. The van der Waals surface area contributed by atoms with Crippen LogP contribution >= 0.6 is 11.8 Å². The van der Waals surface area contributed by atoms with Gasteiger partial charge in [0.05, 0.1) is 16.7 Å². The van der Waals surface area contributed by atoms with Crippen LogP contribution in [0.4, 0.5) is 0 Å². The van der Waals surface area contributed by atoms with Gasteiger partial charge in [0.1, 0.15) is 0 Å². The first-order valence-corrected chi connectivity index (χ1v) is 10.8. The Balaban J connectivity index is 2.02. The van der Waals surface area contributed by atoms with Gasteiger partial charge in [0.25, 0.3) is 5.56 Å². The fourth-order valence-electron chi connectivity index (χ4n) is 3.93. The monoisotopic (exact) mass is 387 g/mol. The summed E-state index contributed by atoms with van der Waals surface area (Å²) in [7, 11) is 0. The second-order valence-electron chi connectivity index (χ2n) is 7.93. The summed E-state index contributed by atoms with van der Waals surface area (Å²) >= 11 is 1.36. The number of hydrogen-bond acceptors (Lipinski definition) is 4. The van der Waals surface area contributed by atoms with E-state index in [2.05, 4.69) is 19.2 Å². The molecule has 0 saturated heterocycles. The first-order chi connectivity index (χ1) is 12.9. The molecule has 3 atom stereocenters. The van der Waals surface area contributed by atoms with E-state index < -0.39 is 0 Å². The van der Waals surface area contributed by atoms with Crippen molar-refractivity contribution in [3.8, 4) is 0 Å². The van der Waals surface area contributed by atoms with E-state index in [0.29, 0.717) is 27.9 Å². The van der Waals surface area contributed by atoms with Gasteiger partial charge in [0.2, 0.25) is 5.91 Å². The van der Waals surface area contributed by atoms with E-state index >= 15 is 0 Å². The van der Waals surface area contributed by atoms with Crippen molar-refractivity contribution in [2.24, 2.45) is 11.8 Å². The highest BCUT2D eigenvalue weighted by Crippen LogP contribution is 2.38. The third kappa shape index (κ3) is 4.37. The fourth-order valence-corrected chi connectivity index (χ4v) is 4.80. The summed E-state index contributed by atoms with van der Waals surface area (Å²) in [5, 5.41) is 4.21. The van der Waals surface area contributed by atoms with Gasteiger partial charge < -0.3 is 5.32 Å². The minimum atomic E-state index is -0.0333. The van der Waals surface area contributed by atoms with Gasteiger partial charge in [0.15, 0.2) is 5.16 Å². The maximum atomic E-state index is 13.3. The van der Waals surface area contributed by atoms with E-state index in [0.717, 1.165) is 12.8 Å². The standard InChI is InChI=1S/C21H29N3O2S/c1-13(2)22-19(25)12-27-21-23-17-10-6-5-9-16(17)20(26)24(21)18-11-7-8-14(3)15(18)4/h5-6,9-10,13-15,18H,7-8,11-12H2,1-4H3,(H,22,25)/t14-,15+,18-/m0/s1. The smallest absolute Gasteiger partial charge is 0.262 e. The number of carbonyl (C=O) groups excluding carboxylic acids is 1. The van der Waals surface area contributed by atoms with E-state index in [9.17, 15) is 9.59 Å². The van der Waals surface area contributed by atoms with Crippen molar-refractivity contribution in [3.05, 3.63) is 34.6 Å². The Kier molecular flexibility index (Phi) is 6.25. The average molecular weight is 388 g/mol. The SMILES string of the molecule is CC(C)NC(=O)CSc1nc2ccccc2c(=O)n1[C@H]1CCC[C@H](C)[C@H]1C. The molecule has 1 aromatic carbocycles. The quantitative estimate of drug-likeness (QED) is 0.622. The summed E-state index contributed by atoms with van der Waals surface area (Å²) in [6.45, 7) is 8.38. The van der Waals surface area contributed by atoms with Gasteiger partial charge in [-0.2, -0.15) is 0 Å². The zero-order valence-electron chi connectivity index (χ0n) is 16.6. The number of fused-ring (bicyclic) bond motifs is 1. The van der Waals surface area contributed by atoms with Gasteiger partial charge in [-0.3, -0.25) is 14.2 Å². The van der Waals surface area contributed by atoms with Crippen LogP contribution in [0.1, 0.15) is 53.0 Å². The van der Waals surface area contributed by atoms with E-state index in [1.807, 2.05) is 42.7 Å². The zero-order chi connectivity index (χ0) is 19.6. The fraction of sp³-hybridized carbons (Fsp3) is 0.571.